The summed E-state index contributed by atoms with van der Waals surface area (Å²) in [4.78, 5) is 53.8. The van der Waals surface area contributed by atoms with Crippen molar-refractivity contribution < 1.29 is 29.4 Å². The van der Waals surface area contributed by atoms with E-state index in [9.17, 15) is 29.4 Å². The van der Waals surface area contributed by atoms with Gasteiger partial charge in [-0.15, -0.1) is 0 Å². The maximum Gasteiger partial charge on any atom is 0.352 e. The van der Waals surface area contributed by atoms with Crippen molar-refractivity contribution in [1.82, 2.24) is 15.2 Å². The van der Waals surface area contributed by atoms with Gasteiger partial charge in [0.15, 0.2) is 0 Å². The van der Waals surface area contributed by atoms with Crippen molar-refractivity contribution in [3.05, 3.63) is 65.6 Å². The fourth-order valence-corrected chi connectivity index (χ4v) is 4.46. The molecule has 3 amide bonds. The molecule has 0 bridgehead atoms. The lowest BCUT2D eigenvalue weighted by Gasteiger charge is -2.44. The lowest BCUT2D eigenvalue weighted by molar-refractivity contribution is -0.161. The Bertz CT molecular complexity index is 1180. The number of carboxylic acids is 1. The first kappa shape index (κ1) is 23.1. The largest absolute Gasteiger partial charge is 0.477 e. The van der Waals surface area contributed by atoms with Crippen LogP contribution in [0.2, 0.25) is 0 Å². The monoisotopic (exact) mass is 464 g/mol. The molecule has 0 radical (unpaired) electrons. The number of rotatable bonds is 8. The van der Waals surface area contributed by atoms with Crippen LogP contribution in [-0.4, -0.2) is 62.5 Å². The molecule has 176 valence electrons. The van der Waals surface area contributed by atoms with Gasteiger partial charge in [0.25, 0.3) is 0 Å². The Kier molecular flexibility index (Phi) is 6.42. The van der Waals surface area contributed by atoms with Crippen molar-refractivity contribution in [2.45, 2.75) is 31.9 Å². The molecule has 0 aliphatic carbocycles. The summed E-state index contributed by atoms with van der Waals surface area (Å²) in [7, 11) is 0. The van der Waals surface area contributed by atoms with Crippen LogP contribution in [0.5, 0.6) is 0 Å². The van der Waals surface area contributed by atoms with Crippen molar-refractivity contribution in [2.24, 2.45) is 5.92 Å². The number of aliphatic hydroxyl groups is 1. The van der Waals surface area contributed by atoms with E-state index in [1.807, 2.05) is 0 Å². The maximum atomic E-state index is 12.4. The smallest absolute Gasteiger partial charge is 0.352 e. The van der Waals surface area contributed by atoms with E-state index < -0.39 is 23.9 Å². The molecule has 0 spiro atoms. The predicted molar refractivity (Wildman–Crippen MR) is 121 cm³/mol. The zero-order valence-electron chi connectivity index (χ0n) is 18.4. The summed E-state index contributed by atoms with van der Waals surface area (Å²) in [5, 5.41) is 24.8. The first-order chi connectivity index (χ1) is 16.3. The Hall–Kier alpha value is -4.05. The topological polar surface area (TPSA) is 149 Å². The third-order valence-corrected chi connectivity index (χ3v) is 5.98. The molecule has 0 unspecified atom stereocenters. The molecule has 10 heteroatoms. The Morgan fingerprint density at radius 3 is 2.59 bits per heavy atom. The van der Waals surface area contributed by atoms with Crippen molar-refractivity contribution in [2.75, 3.05) is 11.9 Å². The number of anilines is 1. The highest BCUT2D eigenvalue weighted by atomic mass is 16.4. The lowest BCUT2D eigenvalue weighted by atomic mass is 9.82. The standard InChI is InChI=1S/C24H24N4O6/c1-13(29)21-18-11-17(22(24(33)34)28(18)23(21)32)15-4-2-3-14(9-15)10-19(30)26-12-20(31)27-16-5-7-25-8-6-16/h2-9,13,18,21,29H,10-12H2,1H3,(H,26,30)(H,33,34)(H,25,27,31)/t13-,18-,21-/m1/s1. The average Bonchev–Trinajstić information content (AvgIpc) is 3.14. The number of fused-ring (bicyclic) bond motifs is 1. The van der Waals surface area contributed by atoms with Gasteiger partial charge in [0.05, 0.1) is 31.0 Å². The molecule has 2 aromatic rings. The second kappa shape index (κ2) is 9.44. The molecule has 2 aliphatic heterocycles. The van der Waals surface area contributed by atoms with Crippen LogP contribution < -0.4 is 10.6 Å². The third kappa shape index (κ3) is 4.53. The van der Waals surface area contributed by atoms with Crippen molar-refractivity contribution in [3.8, 4) is 0 Å². The molecule has 3 heterocycles. The minimum absolute atomic E-state index is 0.00552. The number of nitrogens with zero attached hydrogens (tertiary/aromatic N) is 2. The molecule has 2 aliphatic rings. The number of hydrogen-bond donors (Lipinski definition) is 4. The van der Waals surface area contributed by atoms with Crippen LogP contribution in [-0.2, 0) is 25.6 Å². The highest BCUT2D eigenvalue weighted by Crippen LogP contribution is 2.46. The van der Waals surface area contributed by atoms with Gasteiger partial charge in [-0.3, -0.25) is 19.4 Å². The van der Waals surface area contributed by atoms with Gasteiger partial charge in [-0.25, -0.2) is 4.79 Å². The van der Waals surface area contributed by atoms with Crippen LogP contribution in [0.15, 0.2) is 54.5 Å². The normalized spacial score (nSPS) is 19.8. The van der Waals surface area contributed by atoms with E-state index in [-0.39, 0.29) is 36.5 Å². The number of carboxylic acid groups (broad SMARTS) is 1. The second-order valence-corrected chi connectivity index (χ2v) is 8.32. The zero-order valence-corrected chi connectivity index (χ0v) is 18.4. The molecule has 1 aromatic carbocycles. The Balaban J connectivity index is 1.42. The van der Waals surface area contributed by atoms with Crippen LogP contribution in [0, 0.1) is 5.92 Å². The van der Waals surface area contributed by atoms with Gasteiger partial charge in [-0.1, -0.05) is 24.3 Å². The summed E-state index contributed by atoms with van der Waals surface area (Å²) < 4.78 is 0. The van der Waals surface area contributed by atoms with E-state index in [2.05, 4.69) is 15.6 Å². The SMILES string of the molecule is C[C@@H](O)[C@H]1C(=O)N2C(C(=O)O)=C(c3cccc(CC(=O)NCC(=O)Nc4ccncc4)c3)C[C@H]12. The number of carbonyl (C=O) groups is 4. The molecule has 4 rings (SSSR count). The van der Waals surface area contributed by atoms with Gasteiger partial charge in [0, 0.05) is 18.1 Å². The molecular formula is C24H24N4O6. The number of carbonyl (C=O) groups excluding carboxylic acids is 3. The number of aliphatic carboxylic acids is 1. The molecule has 34 heavy (non-hydrogen) atoms. The second-order valence-electron chi connectivity index (χ2n) is 8.32. The fraction of sp³-hybridized carbons (Fsp3) is 0.292. The molecule has 0 saturated carbocycles. The zero-order chi connectivity index (χ0) is 24.4. The number of aromatic nitrogens is 1. The molecule has 4 N–H and O–H groups in total. The molecule has 1 aromatic heterocycles. The van der Waals surface area contributed by atoms with Gasteiger partial charge in [-0.2, -0.15) is 0 Å². The lowest BCUT2D eigenvalue weighted by Crippen LogP contribution is -2.61. The van der Waals surface area contributed by atoms with Gasteiger partial charge in [-0.05, 0) is 42.2 Å². The highest BCUT2D eigenvalue weighted by molar-refractivity contribution is 6.06. The first-order valence-electron chi connectivity index (χ1n) is 10.8. The first-order valence-corrected chi connectivity index (χ1v) is 10.8. The number of pyridine rings is 1. The molecule has 1 saturated heterocycles. The van der Waals surface area contributed by atoms with Crippen molar-refractivity contribution >= 4 is 35.0 Å². The van der Waals surface area contributed by atoms with Gasteiger partial charge < -0.3 is 25.7 Å². The van der Waals surface area contributed by atoms with Gasteiger partial charge in [0.1, 0.15) is 5.70 Å². The fourth-order valence-electron chi connectivity index (χ4n) is 4.46. The Labute approximate surface area is 195 Å². The summed E-state index contributed by atoms with van der Waals surface area (Å²) in [6, 6.07) is 9.76. The van der Waals surface area contributed by atoms with Crippen LogP contribution >= 0.6 is 0 Å². The average molecular weight is 464 g/mol. The van der Waals surface area contributed by atoms with Gasteiger partial charge >= 0.3 is 5.97 Å². The number of amides is 3. The van der Waals surface area contributed by atoms with E-state index >= 15 is 0 Å². The molecule has 3 atom stereocenters. The third-order valence-electron chi connectivity index (χ3n) is 5.98. The van der Waals surface area contributed by atoms with E-state index in [0.29, 0.717) is 28.8 Å². The maximum absolute atomic E-state index is 12.4. The van der Waals surface area contributed by atoms with Crippen LogP contribution in [0.1, 0.15) is 24.5 Å². The number of β-lactam (4-membered cyclic amide) rings is 1. The summed E-state index contributed by atoms with van der Waals surface area (Å²) in [5.41, 5.74) is 2.22. The molecule has 10 nitrogen and oxygen atoms in total. The van der Waals surface area contributed by atoms with Gasteiger partial charge in [0.2, 0.25) is 17.7 Å². The quantitative estimate of drug-likeness (QED) is 0.422. The number of hydrogen-bond acceptors (Lipinski definition) is 6. The minimum Gasteiger partial charge on any atom is -0.477 e. The minimum atomic E-state index is -1.21. The summed E-state index contributed by atoms with van der Waals surface area (Å²) in [5.74, 6) is -2.98. The van der Waals surface area contributed by atoms with E-state index in [4.69, 9.17) is 0 Å². The van der Waals surface area contributed by atoms with Crippen LogP contribution in [0.3, 0.4) is 0 Å². The van der Waals surface area contributed by atoms with Crippen LogP contribution in [0.4, 0.5) is 5.69 Å². The summed E-state index contributed by atoms with van der Waals surface area (Å²) in [6.45, 7) is 1.32. The van der Waals surface area contributed by atoms with Crippen molar-refractivity contribution in [3.63, 3.8) is 0 Å². The van der Waals surface area contributed by atoms with Crippen molar-refractivity contribution in [1.29, 1.82) is 0 Å². The van der Waals surface area contributed by atoms with Crippen LogP contribution in [0.25, 0.3) is 5.57 Å². The Morgan fingerprint density at radius 2 is 1.91 bits per heavy atom. The molecular weight excluding hydrogens is 440 g/mol. The summed E-state index contributed by atoms with van der Waals surface area (Å²) >= 11 is 0. The summed E-state index contributed by atoms with van der Waals surface area (Å²) in [6.07, 6.45) is 2.52. The predicted octanol–water partition coefficient (Wildman–Crippen LogP) is 0.786. The number of nitrogens with one attached hydrogen (secondary N) is 2. The van der Waals surface area contributed by atoms with E-state index in [1.54, 1.807) is 48.8 Å². The van der Waals surface area contributed by atoms with E-state index in [0.717, 1.165) is 0 Å². The Morgan fingerprint density at radius 1 is 1.18 bits per heavy atom. The highest BCUT2D eigenvalue weighted by Gasteiger charge is 2.56. The number of benzene rings is 1. The number of aliphatic hydroxyl groups excluding tert-OH is 1. The molecule has 1 fully saturated rings. The van der Waals surface area contributed by atoms with E-state index in [1.165, 1.54) is 11.8 Å².